The normalized spacial score (nSPS) is 17.1. The van der Waals surface area contributed by atoms with Crippen LogP contribution in [0.4, 0.5) is 0 Å². The predicted molar refractivity (Wildman–Crippen MR) is 77.8 cm³/mol. The molecule has 1 rings (SSSR count). The van der Waals surface area contributed by atoms with Gasteiger partial charge in [-0.1, -0.05) is 13.0 Å². The van der Waals surface area contributed by atoms with Gasteiger partial charge in [0.25, 0.3) is 0 Å². The monoisotopic (exact) mass is 254 g/mol. The Morgan fingerprint density at radius 3 is 2.59 bits per heavy atom. The lowest BCUT2D eigenvalue weighted by atomic mass is 10.0. The van der Waals surface area contributed by atoms with Gasteiger partial charge in [-0.05, 0) is 58.3 Å². The van der Waals surface area contributed by atoms with Crippen molar-refractivity contribution >= 4 is 11.3 Å². The predicted octanol–water partition coefficient (Wildman–Crippen LogP) is 2.85. The lowest BCUT2D eigenvalue weighted by Gasteiger charge is -2.34. The molecule has 0 fully saturated rings. The minimum Gasteiger partial charge on any atom is -0.319 e. The highest BCUT2D eigenvalue weighted by Gasteiger charge is 2.20. The summed E-state index contributed by atoms with van der Waals surface area (Å²) in [5.41, 5.74) is 0. The standard InChI is InChI=1S/C14H26N2S/c1-11(10-15-4)13(3)16(5)12(2)9-14-7-6-8-17-14/h6-8,11-13,15H,9-10H2,1-5H3. The summed E-state index contributed by atoms with van der Waals surface area (Å²) in [4.78, 5) is 3.99. The second-order valence-corrected chi connectivity index (χ2v) is 6.11. The topological polar surface area (TPSA) is 15.3 Å². The zero-order valence-corrected chi connectivity index (χ0v) is 12.6. The molecule has 2 nitrogen and oxygen atoms in total. The van der Waals surface area contributed by atoms with E-state index in [1.165, 1.54) is 4.88 Å². The molecule has 0 bridgehead atoms. The van der Waals surface area contributed by atoms with Crippen LogP contribution >= 0.6 is 11.3 Å². The quantitative estimate of drug-likeness (QED) is 0.805. The van der Waals surface area contributed by atoms with Gasteiger partial charge in [0.05, 0.1) is 0 Å². The highest BCUT2D eigenvalue weighted by Crippen LogP contribution is 2.17. The minimum atomic E-state index is 0.600. The minimum absolute atomic E-state index is 0.600. The van der Waals surface area contributed by atoms with Crippen molar-refractivity contribution in [1.82, 2.24) is 10.2 Å². The van der Waals surface area contributed by atoms with Gasteiger partial charge >= 0.3 is 0 Å². The Labute approximate surface area is 110 Å². The van der Waals surface area contributed by atoms with Gasteiger partial charge in [0.15, 0.2) is 0 Å². The lowest BCUT2D eigenvalue weighted by Crippen LogP contribution is -2.43. The number of hydrogen-bond acceptors (Lipinski definition) is 3. The molecular formula is C14H26N2S. The van der Waals surface area contributed by atoms with Crippen molar-refractivity contribution in [3.63, 3.8) is 0 Å². The fourth-order valence-corrected chi connectivity index (χ4v) is 2.99. The van der Waals surface area contributed by atoms with E-state index in [4.69, 9.17) is 0 Å². The SMILES string of the molecule is CNCC(C)C(C)N(C)C(C)Cc1cccs1. The van der Waals surface area contributed by atoms with Gasteiger partial charge in [-0.3, -0.25) is 0 Å². The molecule has 0 spiro atoms. The summed E-state index contributed by atoms with van der Waals surface area (Å²) in [5.74, 6) is 0.677. The first-order valence-corrected chi connectivity index (χ1v) is 7.33. The molecule has 98 valence electrons. The summed E-state index contributed by atoms with van der Waals surface area (Å²) < 4.78 is 0. The van der Waals surface area contributed by atoms with Gasteiger partial charge in [0.2, 0.25) is 0 Å². The van der Waals surface area contributed by atoms with E-state index in [0.717, 1.165) is 13.0 Å². The van der Waals surface area contributed by atoms with Crippen molar-refractivity contribution in [3.05, 3.63) is 22.4 Å². The first-order chi connectivity index (χ1) is 8.06. The summed E-state index contributed by atoms with van der Waals surface area (Å²) in [6.07, 6.45) is 1.16. The Kier molecular flexibility index (Phi) is 6.17. The number of thiophene rings is 1. The van der Waals surface area contributed by atoms with Crippen LogP contribution < -0.4 is 5.32 Å². The van der Waals surface area contributed by atoms with Crippen LogP contribution in [0.5, 0.6) is 0 Å². The third-order valence-corrected chi connectivity index (χ3v) is 4.66. The van der Waals surface area contributed by atoms with Crippen LogP contribution in [-0.2, 0) is 6.42 Å². The molecule has 0 aliphatic heterocycles. The van der Waals surface area contributed by atoms with Crippen molar-refractivity contribution in [1.29, 1.82) is 0 Å². The van der Waals surface area contributed by atoms with Crippen LogP contribution in [0.1, 0.15) is 25.6 Å². The summed E-state index contributed by atoms with van der Waals surface area (Å²) >= 11 is 1.86. The number of nitrogens with one attached hydrogen (secondary N) is 1. The molecule has 3 atom stereocenters. The molecular weight excluding hydrogens is 228 g/mol. The average Bonchev–Trinajstić information content (AvgIpc) is 2.80. The zero-order chi connectivity index (χ0) is 12.8. The van der Waals surface area contributed by atoms with Gasteiger partial charge in [0.1, 0.15) is 0 Å². The van der Waals surface area contributed by atoms with Crippen molar-refractivity contribution in [2.24, 2.45) is 5.92 Å². The van der Waals surface area contributed by atoms with Crippen molar-refractivity contribution in [2.45, 2.75) is 39.3 Å². The van der Waals surface area contributed by atoms with E-state index in [1.807, 2.05) is 18.4 Å². The highest BCUT2D eigenvalue weighted by molar-refractivity contribution is 7.09. The Hall–Kier alpha value is -0.380. The molecule has 0 saturated carbocycles. The molecule has 0 aromatic carbocycles. The summed E-state index contributed by atoms with van der Waals surface area (Å²) in [6.45, 7) is 8.04. The maximum absolute atomic E-state index is 3.26. The second kappa shape index (κ2) is 7.14. The average molecular weight is 254 g/mol. The van der Waals surface area contributed by atoms with Crippen LogP contribution in [-0.4, -0.2) is 37.6 Å². The van der Waals surface area contributed by atoms with Crippen molar-refractivity contribution < 1.29 is 0 Å². The molecule has 0 aliphatic rings. The van der Waals surface area contributed by atoms with E-state index in [1.54, 1.807) is 0 Å². The molecule has 1 aromatic rings. The second-order valence-electron chi connectivity index (χ2n) is 5.07. The van der Waals surface area contributed by atoms with E-state index in [-0.39, 0.29) is 0 Å². The van der Waals surface area contributed by atoms with Gasteiger partial charge in [0, 0.05) is 17.0 Å². The largest absolute Gasteiger partial charge is 0.319 e. The number of hydrogen-bond donors (Lipinski definition) is 1. The summed E-state index contributed by atoms with van der Waals surface area (Å²) in [7, 11) is 4.27. The maximum atomic E-state index is 3.26. The van der Waals surface area contributed by atoms with Crippen LogP contribution in [0.3, 0.4) is 0 Å². The van der Waals surface area contributed by atoms with Gasteiger partial charge in [-0.2, -0.15) is 0 Å². The molecule has 1 aromatic heterocycles. The first kappa shape index (κ1) is 14.7. The molecule has 17 heavy (non-hydrogen) atoms. The number of likely N-dealkylation sites (N-methyl/N-ethyl adjacent to an activating group) is 1. The van der Waals surface area contributed by atoms with Gasteiger partial charge in [-0.25, -0.2) is 0 Å². The first-order valence-electron chi connectivity index (χ1n) is 6.45. The lowest BCUT2D eigenvalue weighted by molar-refractivity contribution is 0.150. The van der Waals surface area contributed by atoms with E-state index in [2.05, 4.69) is 55.5 Å². The Balaban J connectivity index is 2.47. The van der Waals surface area contributed by atoms with E-state index < -0.39 is 0 Å². The molecule has 3 heteroatoms. The Morgan fingerprint density at radius 2 is 2.06 bits per heavy atom. The molecule has 0 radical (unpaired) electrons. The van der Waals surface area contributed by atoms with Gasteiger partial charge < -0.3 is 10.2 Å². The fraction of sp³-hybridized carbons (Fsp3) is 0.714. The van der Waals surface area contributed by atoms with E-state index in [9.17, 15) is 0 Å². The van der Waals surface area contributed by atoms with Crippen LogP contribution in [0.2, 0.25) is 0 Å². The smallest absolute Gasteiger partial charge is 0.0115 e. The number of rotatable bonds is 7. The molecule has 0 saturated heterocycles. The molecule has 1 N–H and O–H groups in total. The third-order valence-electron chi connectivity index (χ3n) is 3.76. The molecule has 1 heterocycles. The van der Waals surface area contributed by atoms with Crippen molar-refractivity contribution in [2.75, 3.05) is 20.6 Å². The van der Waals surface area contributed by atoms with Crippen LogP contribution in [0.15, 0.2) is 17.5 Å². The van der Waals surface area contributed by atoms with E-state index in [0.29, 0.717) is 18.0 Å². The summed E-state index contributed by atoms with van der Waals surface area (Å²) in [5, 5.41) is 5.42. The van der Waals surface area contributed by atoms with Crippen molar-refractivity contribution in [3.8, 4) is 0 Å². The molecule has 0 amide bonds. The highest BCUT2D eigenvalue weighted by atomic mass is 32.1. The third kappa shape index (κ3) is 4.41. The molecule has 3 unspecified atom stereocenters. The van der Waals surface area contributed by atoms with E-state index >= 15 is 0 Å². The Morgan fingerprint density at radius 1 is 1.35 bits per heavy atom. The van der Waals surface area contributed by atoms with Gasteiger partial charge in [-0.15, -0.1) is 11.3 Å². The van der Waals surface area contributed by atoms with Crippen LogP contribution in [0, 0.1) is 5.92 Å². The fourth-order valence-electron chi connectivity index (χ4n) is 2.16. The summed E-state index contributed by atoms with van der Waals surface area (Å²) in [6, 6.07) is 5.58. The van der Waals surface area contributed by atoms with Crippen LogP contribution in [0.25, 0.3) is 0 Å². The maximum Gasteiger partial charge on any atom is 0.0115 e. The Bertz CT molecular complexity index is 297. The zero-order valence-electron chi connectivity index (χ0n) is 11.7. The number of nitrogens with zero attached hydrogens (tertiary/aromatic N) is 1. The molecule has 0 aliphatic carbocycles.